The highest BCUT2D eigenvalue weighted by atomic mass is 16.5. The minimum atomic E-state index is 0.519. The molecular formula is C10H14N2O2. The maximum Gasteiger partial charge on any atom is 0.216 e. The van der Waals surface area contributed by atoms with Crippen molar-refractivity contribution in [3.63, 3.8) is 0 Å². The van der Waals surface area contributed by atoms with Crippen molar-refractivity contribution < 1.29 is 9.47 Å². The molecule has 0 bridgehead atoms. The summed E-state index contributed by atoms with van der Waals surface area (Å²) in [7, 11) is 0. The van der Waals surface area contributed by atoms with Crippen LogP contribution in [0.2, 0.25) is 0 Å². The van der Waals surface area contributed by atoms with Crippen LogP contribution in [0.4, 0.5) is 0 Å². The first-order chi connectivity index (χ1) is 6.84. The van der Waals surface area contributed by atoms with Crippen LogP contribution in [-0.2, 0) is 4.74 Å². The molecule has 0 amide bonds. The molecule has 2 heterocycles. The second-order valence-electron chi connectivity index (χ2n) is 3.54. The summed E-state index contributed by atoms with van der Waals surface area (Å²) >= 11 is 0. The summed E-state index contributed by atoms with van der Waals surface area (Å²) < 4.78 is 10.8. The lowest BCUT2D eigenvalue weighted by Crippen LogP contribution is -2.12. The summed E-state index contributed by atoms with van der Waals surface area (Å²) in [6.07, 6.45) is 2.61. The van der Waals surface area contributed by atoms with Gasteiger partial charge in [0.05, 0.1) is 13.2 Å². The van der Waals surface area contributed by atoms with Crippen molar-refractivity contribution in [1.82, 2.24) is 9.97 Å². The predicted molar refractivity (Wildman–Crippen MR) is 51.2 cm³/mol. The average molecular weight is 194 g/mol. The Bertz CT molecular complexity index is 298. The van der Waals surface area contributed by atoms with Crippen LogP contribution in [0.5, 0.6) is 5.88 Å². The van der Waals surface area contributed by atoms with Crippen LogP contribution in [0.1, 0.15) is 12.1 Å². The quantitative estimate of drug-likeness (QED) is 0.725. The predicted octanol–water partition coefficient (Wildman–Crippen LogP) is 1.20. The van der Waals surface area contributed by atoms with E-state index in [0.717, 1.165) is 25.3 Å². The van der Waals surface area contributed by atoms with E-state index in [4.69, 9.17) is 9.47 Å². The third-order valence-corrected chi connectivity index (χ3v) is 2.27. The molecule has 2 rings (SSSR count). The molecule has 0 radical (unpaired) electrons. The molecule has 1 aromatic rings. The normalized spacial score (nSPS) is 21.1. The average Bonchev–Trinajstić information content (AvgIpc) is 2.67. The van der Waals surface area contributed by atoms with Crippen molar-refractivity contribution in [2.45, 2.75) is 13.3 Å². The van der Waals surface area contributed by atoms with Crippen LogP contribution < -0.4 is 4.74 Å². The van der Waals surface area contributed by atoms with Gasteiger partial charge in [0.15, 0.2) is 0 Å². The minimum Gasteiger partial charge on any atom is -0.477 e. The van der Waals surface area contributed by atoms with E-state index in [1.54, 1.807) is 0 Å². The number of aromatic nitrogens is 2. The number of nitrogens with zero attached hydrogens (tertiary/aromatic N) is 2. The Morgan fingerprint density at radius 3 is 3.21 bits per heavy atom. The summed E-state index contributed by atoms with van der Waals surface area (Å²) in [5.41, 5.74) is 0.928. The van der Waals surface area contributed by atoms with Gasteiger partial charge in [0.1, 0.15) is 6.33 Å². The molecule has 1 aliphatic rings. The number of hydrogen-bond donors (Lipinski definition) is 0. The molecule has 0 N–H and O–H groups in total. The Labute approximate surface area is 83.3 Å². The monoisotopic (exact) mass is 194 g/mol. The van der Waals surface area contributed by atoms with E-state index >= 15 is 0 Å². The van der Waals surface area contributed by atoms with Crippen LogP contribution >= 0.6 is 0 Å². The third-order valence-electron chi connectivity index (χ3n) is 2.27. The van der Waals surface area contributed by atoms with Crippen LogP contribution in [0, 0.1) is 12.8 Å². The van der Waals surface area contributed by atoms with Crippen molar-refractivity contribution in [3.8, 4) is 5.88 Å². The minimum absolute atomic E-state index is 0.519. The second kappa shape index (κ2) is 4.37. The Hall–Kier alpha value is -1.16. The van der Waals surface area contributed by atoms with E-state index in [1.165, 1.54) is 6.33 Å². The molecule has 1 aliphatic heterocycles. The molecule has 1 atom stereocenters. The lowest BCUT2D eigenvalue weighted by Gasteiger charge is -2.08. The summed E-state index contributed by atoms with van der Waals surface area (Å²) in [4.78, 5) is 8.03. The molecule has 1 unspecified atom stereocenters. The van der Waals surface area contributed by atoms with Crippen molar-refractivity contribution in [3.05, 3.63) is 18.1 Å². The number of ether oxygens (including phenoxy) is 2. The van der Waals surface area contributed by atoms with Gasteiger partial charge in [-0.1, -0.05) is 0 Å². The van der Waals surface area contributed by atoms with Crippen LogP contribution in [0.25, 0.3) is 0 Å². The van der Waals surface area contributed by atoms with E-state index in [9.17, 15) is 0 Å². The Morgan fingerprint density at radius 2 is 2.50 bits per heavy atom. The highest BCUT2D eigenvalue weighted by Gasteiger charge is 2.16. The van der Waals surface area contributed by atoms with Gasteiger partial charge in [-0.15, -0.1) is 0 Å². The molecule has 1 saturated heterocycles. The molecule has 4 nitrogen and oxygen atoms in total. The third kappa shape index (κ3) is 2.42. The molecular weight excluding hydrogens is 180 g/mol. The van der Waals surface area contributed by atoms with E-state index in [0.29, 0.717) is 18.4 Å². The van der Waals surface area contributed by atoms with Gasteiger partial charge in [0, 0.05) is 24.3 Å². The summed E-state index contributed by atoms with van der Waals surface area (Å²) in [6, 6.07) is 1.84. The molecule has 4 heteroatoms. The number of hydrogen-bond acceptors (Lipinski definition) is 4. The van der Waals surface area contributed by atoms with Crippen molar-refractivity contribution in [1.29, 1.82) is 0 Å². The molecule has 0 aliphatic carbocycles. The SMILES string of the molecule is Cc1cc(OCC2CCOC2)ncn1. The fourth-order valence-corrected chi connectivity index (χ4v) is 1.43. The van der Waals surface area contributed by atoms with Gasteiger partial charge in [-0.3, -0.25) is 0 Å². The first-order valence-electron chi connectivity index (χ1n) is 4.84. The van der Waals surface area contributed by atoms with Gasteiger partial charge in [-0.25, -0.2) is 9.97 Å². The first-order valence-corrected chi connectivity index (χ1v) is 4.84. The van der Waals surface area contributed by atoms with Gasteiger partial charge in [0.25, 0.3) is 0 Å². The number of rotatable bonds is 3. The number of aryl methyl sites for hydroxylation is 1. The summed E-state index contributed by atoms with van der Waals surface area (Å²) in [5, 5.41) is 0. The lowest BCUT2D eigenvalue weighted by molar-refractivity contribution is 0.165. The molecule has 0 aromatic carbocycles. The highest BCUT2D eigenvalue weighted by Crippen LogP contribution is 2.14. The van der Waals surface area contributed by atoms with Crippen molar-refractivity contribution >= 4 is 0 Å². The maximum atomic E-state index is 5.54. The van der Waals surface area contributed by atoms with Crippen LogP contribution in [-0.4, -0.2) is 29.8 Å². The summed E-state index contributed by atoms with van der Waals surface area (Å²) in [5.74, 6) is 1.18. The zero-order valence-electron chi connectivity index (χ0n) is 8.27. The van der Waals surface area contributed by atoms with Crippen molar-refractivity contribution in [2.24, 2.45) is 5.92 Å². The van der Waals surface area contributed by atoms with Crippen LogP contribution in [0.3, 0.4) is 0 Å². The first kappa shape index (κ1) is 9.40. The summed E-state index contributed by atoms with van der Waals surface area (Å²) in [6.45, 7) is 4.28. The van der Waals surface area contributed by atoms with Gasteiger partial charge in [-0.05, 0) is 13.3 Å². The highest BCUT2D eigenvalue weighted by molar-refractivity contribution is 5.11. The van der Waals surface area contributed by atoms with Gasteiger partial charge < -0.3 is 9.47 Å². The van der Waals surface area contributed by atoms with E-state index in [1.807, 2.05) is 13.0 Å². The maximum absolute atomic E-state index is 5.54. The molecule has 14 heavy (non-hydrogen) atoms. The molecule has 0 saturated carbocycles. The van der Waals surface area contributed by atoms with E-state index < -0.39 is 0 Å². The van der Waals surface area contributed by atoms with Gasteiger partial charge in [-0.2, -0.15) is 0 Å². The Kier molecular flexibility index (Phi) is 2.93. The molecule has 0 spiro atoms. The Balaban J connectivity index is 1.85. The smallest absolute Gasteiger partial charge is 0.216 e. The van der Waals surface area contributed by atoms with E-state index in [2.05, 4.69) is 9.97 Å². The Morgan fingerprint density at radius 1 is 1.57 bits per heavy atom. The van der Waals surface area contributed by atoms with Crippen LogP contribution in [0.15, 0.2) is 12.4 Å². The molecule has 1 aromatic heterocycles. The van der Waals surface area contributed by atoms with Gasteiger partial charge in [0.2, 0.25) is 5.88 Å². The topological polar surface area (TPSA) is 44.2 Å². The zero-order chi connectivity index (χ0) is 9.80. The standard InChI is InChI=1S/C10H14N2O2/c1-8-4-10(12-7-11-8)14-6-9-2-3-13-5-9/h4,7,9H,2-3,5-6H2,1H3. The zero-order valence-corrected chi connectivity index (χ0v) is 8.27. The molecule has 76 valence electrons. The molecule has 1 fully saturated rings. The lowest BCUT2D eigenvalue weighted by atomic mass is 10.1. The second-order valence-corrected chi connectivity index (χ2v) is 3.54. The van der Waals surface area contributed by atoms with Gasteiger partial charge >= 0.3 is 0 Å². The van der Waals surface area contributed by atoms with E-state index in [-0.39, 0.29) is 0 Å². The fraction of sp³-hybridized carbons (Fsp3) is 0.600. The fourth-order valence-electron chi connectivity index (χ4n) is 1.43. The van der Waals surface area contributed by atoms with Crippen molar-refractivity contribution in [2.75, 3.05) is 19.8 Å². The largest absolute Gasteiger partial charge is 0.477 e.